The first kappa shape index (κ1) is 26.6. The van der Waals surface area contributed by atoms with Crippen molar-refractivity contribution in [2.45, 2.75) is 46.1 Å². The van der Waals surface area contributed by atoms with Crippen molar-refractivity contribution in [1.29, 1.82) is 0 Å². The van der Waals surface area contributed by atoms with Gasteiger partial charge in [-0.1, -0.05) is 38.1 Å². The third kappa shape index (κ3) is 8.32. The molecule has 2 aliphatic rings. The summed E-state index contributed by atoms with van der Waals surface area (Å²) in [7, 11) is 0. The van der Waals surface area contributed by atoms with Crippen LogP contribution in [0.2, 0.25) is 0 Å². The van der Waals surface area contributed by atoms with Crippen LogP contribution in [-0.2, 0) is 17.7 Å². The van der Waals surface area contributed by atoms with Gasteiger partial charge in [0, 0.05) is 38.2 Å². The molecule has 2 bridgehead atoms. The zero-order valence-electron chi connectivity index (χ0n) is 22.1. The van der Waals surface area contributed by atoms with Crippen LogP contribution in [0.15, 0.2) is 42.5 Å². The number of ether oxygens (including phenoxy) is 2. The molecular formula is C30H43N3O3. The standard InChI is InChI=1S/C30H43N3O3/c1-24(2)10-14-33-16-17-35-18-19-36-29-9-8-27(30(34)31-11-15-32-12-3-4-13-32)22-28(29)21-25-6-5-7-26(20-25)23-33/h5-9,20,22,24H,3-4,10-19,21,23H2,1-2H3,(H,31,34). The average Bonchev–Trinajstić information content (AvgIpc) is 3.38. The molecular weight excluding hydrogens is 450 g/mol. The number of amides is 1. The molecule has 1 N–H and O–H groups in total. The van der Waals surface area contributed by atoms with E-state index < -0.39 is 0 Å². The van der Waals surface area contributed by atoms with E-state index in [1.165, 1.54) is 30.4 Å². The third-order valence-electron chi connectivity index (χ3n) is 7.09. The third-order valence-corrected chi connectivity index (χ3v) is 7.09. The van der Waals surface area contributed by atoms with Gasteiger partial charge in [-0.05, 0) is 79.7 Å². The molecule has 6 heteroatoms. The molecule has 6 nitrogen and oxygen atoms in total. The smallest absolute Gasteiger partial charge is 0.251 e. The van der Waals surface area contributed by atoms with Crippen LogP contribution in [-0.4, -0.2) is 74.8 Å². The lowest BCUT2D eigenvalue weighted by Crippen LogP contribution is -2.33. The highest BCUT2D eigenvalue weighted by Gasteiger charge is 2.15. The first-order valence-corrected chi connectivity index (χ1v) is 13.7. The van der Waals surface area contributed by atoms with Crippen LogP contribution >= 0.6 is 0 Å². The van der Waals surface area contributed by atoms with E-state index in [2.05, 4.69) is 53.2 Å². The molecule has 0 atom stereocenters. The Bertz CT molecular complexity index is 972. The number of nitrogens with one attached hydrogen (secondary N) is 1. The molecule has 0 aliphatic carbocycles. The summed E-state index contributed by atoms with van der Waals surface area (Å²) in [5.74, 6) is 1.49. The Morgan fingerprint density at radius 2 is 1.78 bits per heavy atom. The van der Waals surface area contributed by atoms with Crippen LogP contribution in [0.4, 0.5) is 0 Å². The summed E-state index contributed by atoms with van der Waals surface area (Å²) >= 11 is 0. The quantitative estimate of drug-likeness (QED) is 0.621. The van der Waals surface area contributed by atoms with Crippen LogP contribution in [0, 0.1) is 5.92 Å². The van der Waals surface area contributed by atoms with Gasteiger partial charge in [-0.15, -0.1) is 0 Å². The van der Waals surface area contributed by atoms with Crippen molar-refractivity contribution in [3.8, 4) is 5.75 Å². The van der Waals surface area contributed by atoms with Gasteiger partial charge in [0.2, 0.25) is 0 Å². The minimum absolute atomic E-state index is 0.0192. The minimum atomic E-state index is -0.0192. The molecule has 2 aliphatic heterocycles. The summed E-state index contributed by atoms with van der Waals surface area (Å²) in [5, 5.41) is 3.10. The molecule has 2 aromatic carbocycles. The van der Waals surface area contributed by atoms with E-state index in [0.717, 1.165) is 57.0 Å². The molecule has 1 saturated heterocycles. The number of fused-ring (bicyclic) bond motifs is 3. The number of hydrogen-bond donors (Lipinski definition) is 1. The fourth-order valence-corrected chi connectivity index (χ4v) is 4.97. The topological polar surface area (TPSA) is 54.0 Å². The van der Waals surface area contributed by atoms with Gasteiger partial charge in [0.15, 0.2) is 0 Å². The molecule has 0 radical (unpaired) electrons. The van der Waals surface area contributed by atoms with Crippen molar-refractivity contribution in [3.05, 3.63) is 64.7 Å². The van der Waals surface area contributed by atoms with Crippen molar-refractivity contribution in [1.82, 2.24) is 15.1 Å². The molecule has 1 fully saturated rings. The first-order chi connectivity index (χ1) is 17.6. The van der Waals surface area contributed by atoms with Crippen LogP contribution in [0.3, 0.4) is 0 Å². The van der Waals surface area contributed by atoms with Crippen molar-refractivity contribution >= 4 is 5.91 Å². The van der Waals surface area contributed by atoms with Gasteiger partial charge in [-0.2, -0.15) is 0 Å². The summed E-state index contributed by atoms with van der Waals surface area (Å²) in [5.41, 5.74) is 4.27. The second kappa shape index (κ2) is 13.8. The Balaban J connectivity index is 1.47. The number of hydrogen-bond acceptors (Lipinski definition) is 5. The maximum Gasteiger partial charge on any atom is 0.251 e. The Morgan fingerprint density at radius 1 is 0.944 bits per heavy atom. The zero-order valence-corrected chi connectivity index (χ0v) is 22.1. The number of nitrogens with zero attached hydrogens (tertiary/aromatic N) is 2. The van der Waals surface area contributed by atoms with Gasteiger partial charge in [-0.3, -0.25) is 9.69 Å². The van der Waals surface area contributed by atoms with E-state index in [1.54, 1.807) is 0 Å². The van der Waals surface area contributed by atoms with E-state index >= 15 is 0 Å². The molecule has 0 unspecified atom stereocenters. The summed E-state index contributed by atoms with van der Waals surface area (Å²) in [4.78, 5) is 17.8. The number of carbonyl (C=O) groups is 1. The Kier molecular flexibility index (Phi) is 10.2. The van der Waals surface area contributed by atoms with Gasteiger partial charge in [0.05, 0.1) is 13.2 Å². The van der Waals surface area contributed by atoms with E-state index in [1.807, 2.05) is 18.2 Å². The van der Waals surface area contributed by atoms with Crippen molar-refractivity contribution in [2.75, 3.05) is 59.1 Å². The molecule has 0 saturated carbocycles. The lowest BCUT2D eigenvalue weighted by molar-refractivity contribution is 0.0764. The molecule has 36 heavy (non-hydrogen) atoms. The summed E-state index contributed by atoms with van der Waals surface area (Å²) in [6, 6.07) is 14.6. The normalized spacial score (nSPS) is 17.9. The Labute approximate surface area is 217 Å². The lowest BCUT2D eigenvalue weighted by Gasteiger charge is -2.24. The number of benzene rings is 2. The molecule has 2 aromatic rings. The molecule has 0 aromatic heterocycles. The Hall–Kier alpha value is -2.41. The average molecular weight is 494 g/mol. The van der Waals surface area contributed by atoms with E-state index in [-0.39, 0.29) is 5.91 Å². The van der Waals surface area contributed by atoms with Gasteiger partial charge in [-0.25, -0.2) is 0 Å². The zero-order chi connectivity index (χ0) is 25.2. The van der Waals surface area contributed by atoms with Gasteiger partial charge < -0.3 is 19.7 Å². The van der Waals surface area contributed by atoms with Gasteiger partial charge in [0.1, 0.15) is 12.4 Å². The number of carbonyl (C=O) groups excluding carboxylic acids is 1. The van der Waals surface area contributed by atoms with E-state index in [0.29, 0.717) is 37.8 Å². The molecule has 1 amide bonds. The second-order valence-electron chi connectivity index (χ2n) is 10.5. The molecule has 4 rings (SSSR count). The second-order valence-corrected chi connectivity index (χ2v) is 10.5. The number of likely N-dealkylation sites (tertiary alicyclic amines) is 1. The largest absolute Gasteiger partial charge is 0.491 e. The number of rotatable bonds is 7. The summed E-state index contributed by atoms with van der Waals surface area (Å²) < 4.78 is 12.0. The van der Waals surface area contributed by atoms with Crippen molar-refractivity contribution in [2.24, 2.45) is 5.92 Å². The van der Waals surface area contributed by atoms with Crippen LogP contribution in [0.5, 0.6) is 5.75 Å². The highest BCUT2D eigenvalue weighted by molar-refractivity contribution is 5.94. The van der Waals surface area contributed by atoms with Crippen LogP contribution < -0.4 is 10.1 Å². The fraction of sp³-hybridized carbons (Fsp3) is 0.567. The minimum Gasteiger partial charge on any atom is -0.491 e. The highest BCUT2D eigenvalue weighted by atomic mass is 16.5. The van der Waals surface area contributed by atoms with Crippen LogP contribution in [0.1, 0.15) is 60.2 Å². The van der Waals surface area contributed by atoms with E-state index in [4.69, 9.17) is 9.47 Å². The summed E-state index contributed by atoms with van der Waals surface area (Å²) in [6.07, 6.45) is 4.44. The molecule has 196 valence electrons. The monoisotopic (exact) mass is 493 g/mol. The van der Waals surface area contributed by atoms with Crippen LogP contribution in [0.25, 0.3) is 0 Å². The first-order valence-electron chi connectivity index (χ1n) is 13.7. The van der Waals surface area contributed by atoms with Crippen molar-refractivity contribution in [3.63, 3.8) is 0 Å². The molecule has 2 heterocycles. The SMILES string of the molecule is CC(C)CCN1CCOCCOc2ccc(C(=O)NCCN3CCCC3)cc2Cc2cccc(c2)C1. The maximum atomic E-state index is 12.9. The predicted molar refractivity (Wildman–Crippen MR) is 145 cm³/mol. The fourth-order valence-electron chi connectivity index (χ4n) is 4.97. The molecule has 0 spiro atoms. The lowest BCUT2D eigenvalue weighted by atomic mass is 9.99. The summed E-state index contributed by atoms with van der Waals surface area (Å²) in [6.45, 7) is 13.1. The van der Waals surface area contributed by atoms with Gasteiger partial charge in [0.25, 0.3) is 5.91 Å². The van der Waals surface area contributed by atoms with Gasteiger partial charge >= 0.3 is 0 Å². The predicted octanol–water partition coefficient (Wildman–Crippen LogP) is 4.36. The van der Waals surface area contributed by atoms with Crippen molar-refractivity contribution < 1.29 is 14.3 Å². The maximum absolute atomic E-state index is 12.9. The van der Waals surface area contributed by atoms with E-state index in [9.17, 15) is 4.79 Å². The Morgan fingerprint density at radius 3 is 2.61 bits per heavy atom. The highest BCUT2D eigenvalue weighted by Crippen LogP contribution is 2.25.